The number of aromatic nitrogens is 1. The largest absolute Gasteiger partial charge is 0.506 e. The first-order chi connectivity index (χ1) is 19.9. The number of thioether (sulfide) groups is 1. The van der Waals surface area contributed by atoms with Crippen molar-refractivity contribution < 1.29 is 19.4 Å². The third kappa shape index (κ3) is 6.30. The lowest BCUT2D eigenvalue weighted by molar-refractivity contribution is -0.138. The van der Waals surface area contributed by atoms with Crippen LogP contribution < -0.4 is 4.74 Å². The van der Waals surface area contributed by atoms with Gasteiger partial charge in [-0.3, -0.25) is 0 Å². The van der Waals surface area contributed by atoms with Crippen LogP contribution in [0.15, 0.2) is 75.8 Å². The minimum absolute atomic E-state index is 0.0871. The maximum atomic E-state index is 12.9. The van der Waals surface area contributed by atoms with Crippen LogP contribution in [0.1, 0.15) is 74.4 Å². The molecule has 0 amide bonds. The summed E-state index contributed by atoms with van der Waals surface area (Å²) in [5.74, 6) is 0.721. The lowest BCUT2D eigenvalue weighted by atomic mass is 9.84. The molecule has 41 heavy (non-hydrogen) atoms. The highest BCUT2D eigenvalue weighted by Crippen LogP contribution is 2.41. The quantitative estimate of drug-likeness (QED) is 0.274. The van der Waals surface area contributed by atoms with Gasteiger partial charge in [-0.1, -0.05) is 43.2 Å². The number of benzene rings is 2. The van der Waals surface area contributed by atoms with Crippen LogP contribution in [0.2, 0.25) is 0 Å². The molecule has 1 N–H and O–H groups in total. The molecule has 1 aromatic heterocycles. The van der Waals surface area contributed by atoms with Gasteiger partial charge in [0.15, 0.2) is 0 Å². The Morgan fingerprint density at radius 1 is 1.02 bits per heavy atom. The highest BCUT2D eigenvalue weighted by Gasteiger charge is 2.33. The number of aliphatic hydroxyl groups excluding tert-OH is 1. The smallest absolute Gasteiger partial charge is 0.344 e. The number of carbonyl (C=O) groups excluding carboxylic acids is 1. The number of aliphatic hydroxyl groups is 1. The fraction of sp³-hybridized carbons (Fsp3) is 0.353. The zero-order valence-corrected chi connectivity index (χ0v) is 25.1. The van der Waals surface area contributed by atoms with Crippen LogP contribution in [0.5, 0.6) is 5.75 Å². The molecule has 2 heterocycles. The Bertz CT molecular complexity index is 1490. The van der Waals surface area contributed by atoms with E-state index >= 15 is 0 Å². The molecular formula is C34H38N2O4S. The molecule has 0 spiro atoms. The molecular weight excluding hydrogens is 532 g/mol. The van der Waals surface area contributed by atoms with Crippen LogP contribution in [0.4, 0.5) is 5.69 Å². The van der Waals surface area contributed by atoms with Gasteiger partial charge in [-0.05, 0) is 106 Å². The second kappa shape index (κ2) is 12.9. The summed E-state index contributed by atoms with van der Waals surface area (Å²) in [6, 6.07) is 18.4. The average Bonchev–Trinajstić information content (AvgIpc) is 3.44. The molecule has 0 bridgehead atoms. The highest BCUT2D eigenvalue weighted by molar-refractivity contribution is 8.18. The number of nitrogens with zero attached hydrogens (tertiary/aromatic N) is 2. The van der Waals surface area contributed by atoms with Gasteiger partial charge in [0.2, 0.25) is 0 Å². The van der Waals surface area contributed by atoms with E-state index in [0.29, 0.717) is 28.2 Å². The molecule has 1 aliphatic heterocycles. The van der Waals surface area contributed by atoms with E-state index in [2.05, 4.69) is 53.7 Å². The van der Waals surface area contributed by atoms with Gasteiger partial charge in [-0.2, -0.15) is 0 Å². The number of carbonyl (C=O) groups is 1. The number of hydrogen-bond acceptors (Lipinski definition) is 6. The summed E-state index contributed by atoms with van der Waals surface area (Å²) in [7, 11) is 0. The molecule has 2 aromatic carbocycles. The maximum Gasteiger partial charge on any atom is 0.344 e. The molecule has 0 atom stereocenters. The molecule has 7 heteroatoms. The Balaban J connectivity index is 1.45. The molecule has 214 valence electrons. The SMILES string of the molecule is CCOC(=O)C1=C(O)/C(=C/c2cc(C)n(-c3ccc(C4CCCCC4)cc3)c2C)SC1=Nc1ccc(OCC)cc1. The molecule has 6 nitrogen and oxygen atoms in total. The Labute approximate surface area is 246 Å². The van der Waals surface area contributed by atoms with Gasteiger partial charge in [0.1, 0.15) is 22.1 Å². The van der Waals surface area contributed by atoms with Crippen LogP contribution in [0.3, 0.4) is 0 Å². The molecule has 0 radical (unpaired) electrons. The van der Waals surface area contributed by atoms with Crippen molar-refractivity contribution in [3.8, 4) is 11.4 Å². The second-order valence-electron chi connectivity index (χ2n) is 10.5. The lowest BCUT2D eigenvalue weighted by Gasteiger charge is -2.22. The first-order valence-electron chi connectivity index (χ1n) is 14.5. The van der Waals surface area contributed by atoms with Crippen LogP contribution >= 0.6 is 11.8 Å². The van der Waals surface area contributed by atoms with Crippen molar-refractivity contribution in [2.24, 2.45) is 4.99 Å². The highest BCUT2D eigenvalue weighted by atomic mass is 32.2. The Morgan fingerprint density at radius 3 is 2.39 bits per heavy atom. The first-order valence-corrected chi connectivity index (χ1v) is 15.3. The number of hydrogen-bond donors (Lipinski definition) is 1. The summed E-state index contributed by atoms with van der Waals surface area (Å²) in [5, 5.41) is 11.6. The first kappa shape index (κ1) is 28.8. The van der Waals surface area contributed by atoms with Crippen molar-refractivity contribution in [3.63, 3.8) is 0 Å². The van der Waals surface area contributed by atoms with Crippen LogP contribution in [0, 0.1) is 13.8 Å². The number of esters is 1. The van der Waals surface area contributed by atoms with E-state index in [1.54, 1.807) is 6.92 Å². The number of aryl methyl sites for hydroxylation is 1. The maximum absolute atomic E-state index is 12.9. The molecule has 1 aliphatic carbocycles. The fourth-order valence-corrected chi connectivity index (χ4v) is 6.72. The lowest BCUT2D eigenvalue weighted by Crippen LogP contribution is -2.12. The van der Waals surface area contributed by atoms with Gasteiger partial charge >= 0.3 is 5.97 Å². The molecule has 0 saturated heterocycles. The number of rotatable bonds is 8. The Morgan fingerprint density at radius 2 is 1.73 bits per heavy atom. The van der Waals surface area contributed by atoms with E-state index in [1.165, 1.54) is 49.4 Å². The topological polar surface area (TPSA) is 73.0 Å². The van der Waals surface area contributed by atoms with Gasteiger partial charge in [0.05, 0.1) is 23.8 Å². The van der Waals surface area contributed by atoms with E-state index in [1.807, 2.05) is 37.3 Å². The molecule has 5 rings (SSSR count). The normalized spacial score (nSPS) is 18.0. The van der Waals surface area contributed by atoms with Crippen molar-refractivity contribution in [1.29, 1.82) is 0 Å². The zero-order chi connectivity index (χ0) is 28.9. The summed E-state index contributed by atoms with van der Waals surface area (Å²) in [5.41, 5.74) is 6.42. The molecule has 1 saturated carbocycles. The monoisotopic (exact) mass is 570 g/mol. The summed E-state index contributed by atoms with van der Waals surface area (Å²) in [6.45, 7) is 8.63. The number of ether oxygens (including phenoxy) is 2. The van der Waals surface area contributed by atoms with E-state index in [4.69, 9.17) is 9.47 Å². The summed E-state index contributed by atoms with van der Waals surface area (Å²) < 4.78 is 13.0. The zero-order valence-electron chi connectivity index (χ0n) is 24.3. The summed E-state index contributed by atoms with van der Waals surface area (Å²) >= 11 is 1.27. The van der Waals surface area contributed by atoms with Crippen molar-refractivity contribution in [2.45, 2.75) is 65.7 Å². The molecule has 3 aromatic rings. The van der Waals surface area contributed by atoms with Crippen LogP contribution in [-0.4, -0.2) is 33.9 Å². The number of aliphatic imine (C=N–C) groups is 1. The third-order valence-corrected chi connectivity index (χ3v) is 8.75. The Hall–Kier alpha value is -3.71. The second-order valence-corrected chi connectivity index (χ2v) is 11.5. The third-order valence-electron chi connectivity index (χ3n) is 7.73. The van der Waals surface area contributed by atoms with Crippen molar-refractivity contribution >= 4 is 34.5 Å². The van der Waals surface area contributed by atoms with Crippen molar-refractivity contribution in [2.75, 3.05) is 13.2 Å². The van der Waals surface area contributed by atoms with Gasteiger partial charge in [-0.15, -0.1) is 0 Å². The molecule has 0 unspecified atom stereocenters. The van der Waals surface area contributed by atoms with Crippen LogP contribution in [-0.2, 0) is 9.53 Å². The predicted molar refractivity (Wildman–Crippen MR) is 168 cm³/mol. The van der Waals surface area contributed by atoms with E-state index in [9.17, 15) is 9.90 Å². The minimum Gasteiger partial charge on any atom is -0.506 e. The van der Waals surface area contributed by atoms with E-state index in [-0.39, 0.29) is 17.9 Å². The average molecular weight is 571 g/mol. The van der Waals surface area contributed by atoms with Crippen molar-refractivity contribution in [3.05, 3.63) is 93.3 Å². The van der Waals surface area contributed by atoms with E-state index in [0.717, 1.165) is 28.4 Å². The minimum atomic E-state index is -0.589. The van der Waals surface area contributed by atoms with Gasteiger partial charge in [-0.25, -0.2) is 9.79 Å². The fourth-order valence-electron chi connectivity index (χ4n) is 5.70. The van der Waals surface area contributed by atoms with Gasteiger partial charge in [0.25, 0.3) is 0 Å². The van der Waals surface area contributed by atoms with Crippen LogP contribution in [0.25, 0.3) is 11.8 Å². The van der Waals surface area contributed by atoms with E-state index < -0.39 is 5.97 Å². The summed E-state index contributed by atoms with van der Waals surface area (Å²) in [6.07, 6.45) is 8.49. The molecule has 2 aliphatic rings. The van der Waals surface area contributed by atoms with Gasteiger partial charge < -0.3 is 19.1 Å². The summed E-state index contributed by atoms with van der Waals surface area (Å²) in [4.78, 5) is 18.1. The predicted octanol–water partition coefficient (Wildman–Crippen LogP) is 8.73. The molecule has 1 fully saturated rings. The Kier molecular flexibility index (Phi) is 9.03. The van der Waals surface area contributed by atoms with Crippen molar-refractivity contribution in [1.82, 2.24) is 4.57 Å². The standard InChI is InChI=1S/C34H38N2O4S/c1-5-39-29-18-14-27(15-19-29)35-33-31(34(38)40-6-2)32(37)30(41-33)21-26-20-22(3)36(23(26)4)28-16-12-25(13-17-28)24-10-8-7-9-11-24/h12-21,24,37H,5-11H2,1-4H3/b30-21-,35-33?. The van der Waals surface area contributed by atoms with Gasteiger partial charge in [0, 0.05) is 17.1 Å².